The summed E-state index contributed by atoms with van der Waals surface area (Å²) >= 11 is 0. The highest BCUT2D eigenvalue weighted by molar-refractivity contribution is 5.95. The van der Waals surface area contributed by atoms with E-state index in [1.54, 1.807) is 25.1 Å². The number of hydrogen-bond donors (Lipinski definition) is 2. The fourth-order valence-corrected chi connectivity index (χ4v) is 1.70. The van der Waals surface area contributed by atoms with E-state index in [2.05, 4.69) is 5.32 Å². The minimum absolute atomic E-state index is 0.0962. The zero-order valence-corrected chi connectivity index (χ0v) is 11.8. The van der Waals surface area contributed by atoms with Crippen molar-refractivity contribution in [1.29, 1.82) is 0 Å². The molecular weight excluding hydrogens is 262 g/mol. The zero-order chi connectivity index (χ0) is 15.1. The van der Waals surface area contributed by atoms with Gasteiger partial charge < -0.3 is 19.9 Å². The van der Waals surface area contributed by atoms with Crippen LogP contribution in [0.3, 0.4) is 0 Å². The highest BCUT2D eigenvalue weighted by atomic mass is 16.5. The number of benzene rings is 1. The molecule has 1 amide bonds. The molecule has 0 aliphatic heterocycles. The summed E-state index contributed by atoms with van der Waals surface area (Å²) < 4.78 is 10.2. The van der Waals surface area contributed by atoms with Gasteiger partial charge in [0.25, 0.3) is 5.91 Å². The number of carboxylic acids is 1. The van der Waals surface area contributed by atoms with E-state index in [-0.39, 0.29) is 12.5 Å². The predicted octanol–water partition coefficient (Wildman–Crippen LogP) is 1.54. The van der Waals surface area contributed by atoms with Crippen LogP contribution >= 0.6 is 0 Å². The molecule has 0 spiro atoms. The summed E-state index contributed by atoms with van der Waals surface area (Å²) in [5, 5.41) is 11.5. The van der Waals surface area contributed by atoms with Gasteiger partial charge in [0, 0.05) is 12.1 Å². The van der Waals surface area contributed by atoms with Crippen molar-refractivity contribution in [3.63, 3.8) is 0 Å². The summed E-state index contributed by atoms with van der Waals surface area (Å²) in [6, 6.07) is 4.77. The van der Waals surface area contributed by atoms with Crippen LogP contribution in [0.4, 0.5) is 0 Å². The van der Waals surface area contributed by atoms with Crippen LogP contribution in [0.2, 0.25) is 0 Å². The minimum Gasteiger partial charge on any atom is -0.493 e. The molecule has 0 saturated heterocycles. The molecule has 0 saturated carbocycles. The quantitative estimate of drug-likeness (QED) is 0.792. The molecule has 0 radical (unpaired) electrons. The lowest BCUT2D eigenvalue weighted by molar-refractivity contribution is -0.141. The van der Waals surface area contributed by atoms with Gasteiger partial charge in [0.2, 0.25) is 0 Å². The number of nitrogens with one attached hydrogen (secondary N) is 1. The monoisotopic (exact) mass is 281 g/mol. The van der Waals surface area contributed by atoms with Crippen LogP contribution in [0.1, 0.15) is 23.7 Å². The maximum Gasteiger partial charge on any atom is 0.308 e. The van der Waals surface area contributed by atoms with Gasteiger partial charge in [-0.2, -0.15) is 0 Å². The Morgan fingerprint density at radius 1 is 1.25 bits per heavy atom. The Bertz CT molecular complexity index is 486. The van der Waals surface area contributed by atoms with E-state index >= 15 is 0 Å². The Labute approximate surface area is 117 Å². The smallest absolute Gasteiger partial charge is 0.308 e. The molecule has 110 valence electrons. The second-order valence-electron chi connectivity index (χ2n) is 4.22. The van der Waals surface area contributed by atoms with Gasteiger partial charge in [-0.25, -0.2) is 0 Å². The van der Waals surface area contributed by atoms with Crippen molar-refractivity contribution >= 4 is 11.9 Å². The van der Waals surface area contributed by atoms with E-state index in [0.717, 1.165) is 0 Å². The number of carbonyl (C=O) groups is 2. The number of aliphatic carboxylic acids is 1. The summed E-state index contributed by atoms with van der Waals surface area (Å²) in [6.45, 7) is 1.86. The van der Waals surface area contributed by atoms with Gasteiger partial charge in [-0.05, 0) is 24.6 Å². The first-order chi connectivity index (χ1) is 9.53. The number of ether oxygens (including phenoxy) is 2. The third-order valence-corrected chi connectivity index (χ3v) is 3.00. The van der Waals surface area contributed by atoms with Crippen LogP contribution in [0.5, 0.6) is 11.5 Å². The number of rotatable bonds is 7. The van der Waals surface area contributed by atoms with Crippen molar-refractivity contribution in [2.45, 2.75) is 13.3 Å². The topological polar surface area (TPSA) is 84.9 Å². The molecule has 0 aliphatic rings. The Balaban J connectivity index is 2.75. The van der Waals surface area contributed by atoms with Crippen molar-refractivity contribution in [2.75, 3.05) is 20.8 Å². The molecule has 0 aliphatic carbocycles. The molecule has 1 unspecified atom stereocenters. The van der Waals surface area contributed by atoms with E-state index in [1.807, 2.05) is 0 Å². The van der Waals surface area contributed by atoms with Gasteiger partial charge in [0.15, 0.2) is 11.5 Å². The summed E-state index contributed by atoms with van der Waals surface area (Å²) in [4.78, 5) is 22.8. The molecule has 1 rings (SSSR count). The SMILES string of the molecule is CCC(CNC(=O)c1ccc(OC)c(OC)c1)C(=O)O. The summed E-state index contributed by atoms with van der Waals surface area (Å²) in [5.74, 6) is -0.865. The summed E-state index contributed by atoms with van der Waals surface area (Å²) in [5.41, 5.74) is 0.392. The molecule has 0 heterocycles. The third-order valence-electron chi connectivity index (χ3n) is 3.00. The van der Waals surface area contributed by atoms with Gasteiger partial charge in [-0.3, -0.25) is 9.59 Å². The van der Waals surface area contributed by atoms with E-state index in [1.165, 1.54) is 14.2 Å². The van der Waals surface area contributed by atoms with Crippen molar-refractivity contribution in [3.05, 3.63) is 23.8 Å². The normalized spacial score (nSPS) is 11.6. The van der Waals surface area contributed by atoms with Gasteiger partial charge in [-0.1, -0.05) is 6.92 Å². The lowest BCUT2D eigenvalue weighted by Crippen LogP contribution is -2.32. The van der Waals surface area contributed by atoms with E-state index in [0.29, 0.717) is 23.5 Å². The fraction of sp³-hybridized carbons (Fsp3) is 0.429. The molecule has 1 aromatic rings. The Kier molecular flexibility index (Phi) is 5.83. The van der Waals surface area contributed by atoms with E-state index in [9.17, 15) is 9.59 Å². The van der Waals surface area contributed by atoms with Crippen LogP contribution in [-0.2, 0) is 4.79 Å². The molecule has 0 fully saturated rings. The van der Waals surface area contributed by atoms with Gasteiger partial charge in [0.05, 0.1) is 20.1 Å². The minimum atomic E-state index is -0.917. The van der Waals surface area contributed by atoms with Gasteiger partial charge in [0.1, 0.15) is 0 Å². The van der Waals surface area contributed by atoms with E-state index in [4.69, 9.17) is 14.6 Å². The first-order valence-electron chi connectivity index (χ1n) is 6.26. The second kappa shape index (κ2) is 7.37. The molecule has 0 aromatic heterocycles. The zero-order valence-electron chi connectivity index (χ0n) is 11.8. The number of amides is 1. The molecule has 1 atom stereocenters. The number of carbonyl (C=O) groups excluding carboxylic acids is 1. The molecule has 6 heteroatoms. The maximum absolute atomic E-state index is 12.0. The number of hydrogen-bond acceptors (Lipinski definition) is 4. The maximum atomic E-state index is 12.0. The van der Waals surface area contributed by atoms with Gasteiger partial charge in [-0.15, -0.1) is 0 Å². The van der Waals surface area contributed by atoms with Crippen molar-refractivity contribution in [3.8, 4) is 11.5 Å². The highest BCUT2D eigenvalue weighted by Crippen LogP contribution is 2.27. The number of methoxy groups -OCH3 is 2. The standard InChI is InChI=1S/C14H19NO5/c1-4-9(14(17)18)8-15-13(16)10-5-6-11(19-2)12(7-10)20-3/h5-7,9H,4,8H2,1-3H3,(H,15,16)(H,17,18). The average Bonchev–Trinajstić information content (AvgIpc) is 2.46. The highest BCUT2D eigenvalue weighted by Gasteiger charge is 2.17. The van der Waals surface area contributed by atoms with Crippen LogP contribution < -0.4 is 14.8 Å². The van der Waals surface area contributed by atoms with E-state index < -0.39 is 11.9 Å². The van der Waals surface area contributed by atoms with Crippen LogP contribution in [0, 0.1) is 5.92 Å². The fourth-order valence-electron chi connectivity index (χ4n) is 1.70. The molecule has 0 bridgehead atoms. The largest absolute Gasteiger partial charge is 0.493 e. The van der Waals surface area contributed by atoms with Crippen LogP contribution in [0.15, 0.2) is 18.2 Å². The predicted molar refractivity (Wildman–Crippen MR) is 73.3 cm³/mol. The lowest BCUT2D eigenvalue weighted by atomic mass is 10.1. The number of carboxylic acid groups (broad SMARTS) is 1. The Morgan fingerprint density at radius 2 is 1.90 bits per heavy atom. The summed E-state index contributed by atoms with van der Waals surface area (Å²) in [6.07, 6.45) is 0.460. The Morgan fingerprint density at radius 3 is 2.40 bits per heavy atom. The molecular formula is C14H19NO5. The van der Waals surface area contributed by atoms with Crippen molar-refractivity contribution in [1.82, 2.24) is 5.32 Å². The third kappa shape index (κ3) is 3.88. The van der Waals surface area contributed by atoms with Crippen molar-refractivity contribution < 1.29 is 24.2 Å². The van der Waals surface area contributed by atoms with Crippen LogP contribution in [-0.4, -0.2) is 37.7 Å². The molecule has 2 N–H and O–H groups in total. The van der Waals surface area contributed by atoms with Crippen molar-refractivity contribution in [2.24, 2.45) is 5.92 Å². The first-order valence-corrected chi connectivity index (χ1v) is 6.26. The molecule has 20 heavy (non-hydrogen) atoms. The Hall–Kier alpha value is -2.24. The second-order valence-corrected chi connectivity index (χ2v) is 4.22. The average molecular weight is 281 g/mol. The first kappa shape index (κ1) is 15.8. The van der Waals surface area contributed by atoms with Gasteiger partial charge >= 0.3 is 5.97 Å². The van der Waals surface area contributed by atoms with Crippen LogP contribution in [0.25, 0.3) is 0 Å². The molecule has 1 aromatic carbocycles. The molecule has 6 nitrogen and oxygen atoms in total. The summed E-state index contributed by atoms with van der Waals surface area (Å²) in [7, 11) is 2.99. The lowest BCUT2D eigenvalue weighted by Gasteiger charge is -2.12.